The summed E-state index contributed by atoms with van der Waals surface area (Å²) in [4.78, 5) is 2.42. The Bertz CT molecular complexity index is 2080. The number of hydrogen-bond acceptors (Lipinski definition) is 1. The van der Waals surface area contributed by atoms with Crippen molar-refractivity contribution < 1.29 is 0 Å². The molecule has 0 aliphatic rings. The fourth-order valence-corrected chi connectivity index (χ4v) is 6.64. The lowest BCUT2D eigenvalue weighted by Crippen LogP contribution is -2.21. The summed E-state index contributed by atoms with van der Waals surface area (Å²) in [6.45, 7) is 9.08. The van der Waals surface area contributed by atoms with Crippen LogP contribution in [0.2, 0.25) is 0 Å². The number of para-hydroxylation sites is 3. The number of hydrogen-bond donors (Lipinski definition) is 0. The molecule has 0 bridgehead atoms. The van der Waals surface area contributed by atoms with Crippen molar-refractivity contribution in [2.45, 2.75) is 39.7 Å². The molecule has 0 N–H and O–H groups in total. The highest BCUT2D eigenvalue weighted by atomic mass is 15.1. The molecule has 1 heterocycles. The Kier molecular flexibility index (Phi) is 7.06. The lowest BCUT2D eigenvalue weighted by molar-refractivity contribution is 0.423. The third-order valence-electron chi connectivity index (χ3n) is 8.65. The lowest BCUT2D eigenvalue weighted by atomic mass is 9.99. The molecule has 0 spiro atoms. The van der Waals surface area contributed by atoms with Crippen LogP contribution < -0.4 is 4.90 Å². The summed E-state index contributed by atoms with van der Waals surface area (Å²) in [5.74, 6) is 0. The average molecular weight is 571 g/mol. The van der Waals surface area contributed by atoms with E-state index in [0.29, 0.717) is 0 Å². The standard InChI is InChI=1S/C42H38N2/c1-5-30-15-9-12-20-38(30)43(39-21-13-10-18-35(39)32-16-7-6-8-17-32)34-26-23-31(24-27-34)33-25-28-41-37(29-33)36-19-11-14-22-40(36)44(41)42(2,3)4/h6-29H,5H2,1-4H3. The highest BCUT2D eigenvalue weighted by Gasteiger charge is 2.21. The van der Waals surface area contributed by atoms with Gasteiger partial charge >= 0.3 is 0 Å². The van der Waals surface area contributed by atoms with E-state index in [1.54, 1.807) is 0 Å². The SMILES string of the molecule is CCc1ccccc1N(c1ccc(-c2ccc3c(c2)c2ccccc2n3C(C)(C)C)cc1)c1ccccc1-c1ccccc1. The molecule has 216 valence electrons. The molecule has 0 saturated heterocycles. The van der Waals surface area contributed by atoms with Gasteiger partial charge in [0.2, 0.25) is 0 Å². The average Bonchev–Trinajstić information content (AvgIpc) is 3.41. The van der Waals surface area contributed by atoms with Crippen molar-refractivity contribution in [2.24, 2.45) is 0 Å². The number of nitrogens with zero attached hydrogens (tertiary/aromatic N) is 2. The van der Waals surface area contributed by atoms with Crippen LogP contribution in [0.5, 0.6) is 0 Å². The van der Waals surface area contributed by atoms with Gasteiger partial charge in [-0.25, -0.2) is 0 Å². The first-order chi connectivity index (χ1) is 21.4. The minimum atomic E-state index is -0.0151. The van der Waals surface area contributed by atoms with Crippen molar-refractivity contribution in [3.05, 3.63) is 151 Å². The zero-order valence-corrected chi connectivity index (χ0v) is 26.0. The van der Waals surface area contributed by atoms with E-state index in [-0.39, 0.29) is 5.54 Å². The van der Waals surface area contributed by atoms with Crippen LogP contribution in [0.3, 0.4) is 0 Å². The van der Waals surface area contributed by atoms with Crippen molar-refractivity contribution in [1.29, 1.82) is 0 Å². The molecule has 0 aliphatic heterocycles. The molecule has 0 radical (unpaired) electrons. The maximum Gasteiger partial charge on any atom is 0.0540 e. The van der Waals surface area contributed by atoms with E-state index in [1.165, 1.54) is 61.0 Å². The first-order valence-corrected chi connectivity index (χ1v) is 15.6. The maximum atomic E-state index is 2.47. The van der Waals surface area contributed by atoms with Crippen LogP contribution in [0.4, 0.5) is 17.1 Å². The molecular weight excluding hydrogens is 532 g/mol. The molecule has 0 saturated carbocycles. The van der Waals surface area contributed by atoms with E-state index in [9.17, 15) is 0 Å². The van der Waals surface area contributed by atoms with Gasteiger partial charge in [0.15, 0.2) is 0 Å². The van der Waals surface area contributed by atoms with E-state index in [4.69, 9.17) is 0 Å². The summed E-state index contributed by atoms with van der Waals surface area (Å²) in [6.07, 6.45) is 0.959. The number of fused-ring (bicyclic) bond motifs is 3. The second kappa shape index (κ2) is 11.2. The highest BCUT2D eigenvalue weighted by molar-refractivity contribution is 6.09. The molecule has 2 heteroatoms. The summed E-state index contributed by atoms with van der Waals surface area (Å²) in [6, 6.07) is 53.0. The van der Waals surface area contributed by atoms with Gasteiger partial charge < -0.3 is 9.47 Å². The first kappa shape index (κ1) is 27.7. The van der Waals surface area contributed by atoms with Crippen LogP contribution >= 0.6 is 0 Å². The monoisotopic (exact) mass is 570 g/mol. The summed E-state index contributed by atoms with van der Waals surface area (Å²) < 4.78 is 2.47. The van der Waals surface area contributed by atoms with Gasteiger partial charge in [-0.1, -0.05) is 110 Å². The summed E-state index contributed by atoms with van der Waals surface area (Å²) >= 11 is 0. The summed E-state index contributed by atoms with van der Waals surface area (Å²) in [7, 11) is 0. The van der Waals surface area contributed by atoms with Gasteiger partial charge in [-0.05, 0) is 91.9 Å². The van der Waals surface area contributed by atoms with Crippen LogP contribution in [0, 0.1) is 0 Å². The minimum absolute atomic E-state index is 0.0151. The largest absolute Gasteiger partial charge is 0.335 e. The number of benzene rings is 6. The van der Waals surface area contributed by atoms with Crippen LogP contribution in [0.25, 0.3) is 44.1 Å². The number of aromatic nitrogens is 1. The zero-order chi connectivity index (χ0) is 30.3. The summed E-state index contributed by atoms with van der Waals surface area (Å²) in [5, 5.41) is 2.60. The lowest BCUT2D eigenvalue weighted by Gasteiger charge is -2.29. The molecule has 1 aromatic heterocycles. The minimum Gasteiger partial charge on any atom is -0.335 e. The Hall–Kier alpha value is -5.08. The molecule has 0 fully saturated rings. The Balaban J connectivity index is 1.36. The quantitative estimate of drug-likeness (QED) is 0.193. The second-order valence-corrected chi connectivity index (χ2v) is 12.5. The van der Waals surface area contributed by atoms with Gasteiger partial charge in [0.25, 0.3) is 0 Å². The van der Waals surface area contributed by atoms with Crippen LogP contribution in [0.1, 0.15) is 33.3 Å². The summed E-state index contributed by atoms with van der Waals surface area (Å²) in [5.41, 5.74) is 12.2. The van der Waals surface area contributed by atoms with Crippen molar-refractivity contribution in [2.75, 3.05) is 4.90 Å². The molecular formula is C42H38N2. The second-order valence-electron chi connectivity index (χ2n) is 12.5. The van der Waals surface area contributed by atoms with Gasteiger partial charge in [0, 0.05) is 44.3 Å². The first-order valence-electron chi connectivity index (χ1n) is 15.6. The van der Waals surface area contributed by atoms with Gasteiger partial charge in [-0.3, -0.25) is 0 Å². The predicted molar refractivity (Wildman–Crippen MR) is 189 cm³/mol. The fourth-order valence-electron chi connectivity index (χ4n) is 6.64. The molecule has 7 aromatic rings. The molecule has 0 amide bonds. The van der Waals surface area contributed by atoms with E-state index >= 15 is 0 Å². The topological polar surface area (TPSA) is 8.17 Å². The number of aryl methyl sites for hydroxylation is 1. The van der Waals surface area contributed by atoms with Crippen LogP contribution in [-0.2, 0) is 12.0 Å². The Morgan fingerprint density at radius 2 is 1.14 bits per heavy atom. The van der Waals surface area contributed by atoms with Crippen molar-refractivity contribution in [3.63, 3.8) is 0 Å². The van der Waals surface area contributed by atoms with E-state index in [0.717, 1.165) is 12.1 Å². The third kappa shape index (κ3) is 4.87. The normalized spacial score (nSPS) is 11.7. The predicted octanol–water partition coefficient (Wildman–Crippen LogP) is 11.9. The maximum absolute atomic E-state index is 2.47. The molecule has 6 aromatic carbocycles. The molecule has 0 aliphatic carbocycles. The van der Waals surface area contributed by atoms with Crippen LogP contribution in [0.15, 0.2) is 146 Å². The van der Waals surface area contributed by atoms with E-state index in [1.807, 2.05) is 0 Å². The number of rotatable bonds is 6. The van der Waals surface area contributed by atoms with Gasteiger partial charge in [-0.15, -0.1) is 0 Å². The van der Waals surface area contributed by atoms with Crippen molar-refractivity contribution in [1.82, 2.24) is 4.57 Å². The van der Waals surface area contributed by atoms with Gasteiger partial charge in [-0.2, -0.15) is 0 Å². The Morgan fingerprint density at radius 1 is 0.523 bits per heavy atom. The molecule has 2 nitrogen and oxygen atoms in total. The highest BCUT2D eigenvalue weighted by Crippen LogP contribution is 2.43. The fraction of sp³-hybridized carbons (Fsp3) is 0.143. The van der Waals surface area contributed by atoms with Gasteiger partial charge in [0.05, 0.1) is 5.69 Å². The Morgan fingerprint density at radius 3 is 1.89 bits per heavy atom. The molecule has 0 unspecified atom stereocenters. The third-order valence-corrected chi connectivity index (χ3v) is 8.65. The van der Waals surface area contributed by atoms with Crippen molar-refractivity contribution >= 4 is 38.9 Å². The van der Waals surface area contributed by atoms with Crippen molar-refractivity contribution in [3.8, 4) is 22.3 Å². The van der Waals surface area contributed by atoms with Gasteiger partial charge in [0.1, 0.15) is 0 Å². The number of anilines is 3. The zero-order valence-electron chi connectivity index (χ0n) is 26.0. The molecule has 7 rings (SSSR count). The van der Waals surface area contributed by atoms with Crippen LogP contribution in [-0.4, -0.2) is 4.57 Å². The Labute approximate surface area is 260 Å². The van der Waals surface area contributed by atoms with E-state index < -0.39 is 0 Å². The molecule has 0 atom stereocenters. The molecule has 44 heavy (non-hydrogen) atoms. The smallest absolute Gasteiger partial charge is 0.0540 e. The van der Waals surface area contributed by atoms with E-state index in [2.05, 4.69) is 183 Å².